The molecule has 4 aromatic rings. The number of piperidine rings is 1. The van der Waals surface area contributed by atoms with Gasteiger partial charge in [-0.15, -0.1) is 0 Å². The van der Waals surface area contributed by atoms with Crippen LogP contribution < -0.4 is 14.4 Å². The summed E-state index contributed by atoms with van der Waals surface area (Å²) in [5.41, 5.74) is -1.31. The van der Waals surface area contributed by atoms with Gasteiger partial charge in [0.25, 0.3) is 0 Å². The van der Waals surface area contributed by atoms with Gasteiger partial charge in [0.2, 0.25) is 5.88 Å². The second-order valence-electron chi connectivity index (χ2n) is 13.4. The minimum Gasteiger partial charge on any atom is -0.508 e. The molecule has 0 amide bonds. The van der Waals surface area contributed by atoms with Crippen molar-refractivity contribution in [2.75, 3.05) is 37.7 Å². The van der Waals surface area contributed by atoms with E-state index in [1.54, 1.807) is 19.9 Å². The predicted octanol–water partition coefficient (Wildman–Crippen LogP) is 5.46. The van der Waals surface area contributed by atoms with E-state index in [4.69, 9.17) is 14.5 Å². The minimum atomic E-state index is -1.13. The fraction of sp³-hybridized carbons (Fsp3) is 0.500. The van der Waals surface area contributed by atoms with Gasteiger partial charge in [0.05, 0.1) is 17.2 Å². The lowest BCUT2D eigenvalue weighted by Crippen LogP contribution is -2.58. The first-order valence-electron chi connectivity index (χ1n) is 16.1. The Morgan fingerprint density at radius 1 is 1.09 bits per heavy atom. The normalized spacial score (nSPS) is 27.5. The highest BCUT2D eigenvalue weighted by molar-refractivity contribution is 6.03. The van der Waals surface area contributed by atoms with Crippen LogP contribution in [0.5, 0.6) is 17.6 Å². The van der Waals surface area contributed by atoms with Crippen molar-refractivity contribution in [1.29, 1.82) is 0 Å². The van der Waals surface area contributed by atoms with Crippen LogP contribution in [-0.2, 0) is 6.42 Å². The van der Waals surface area contributed by atoms with E-state index in [1.807, 2.05) is 4.90 Å². The largest absolute Gasteiger partial charge is 0.508 e. The molecule has 0 unspecified atom stereocenters. The number of hydrogen-bond acceptors (Lipinski definition) is 9. The topological polar surface area (TPSA) is 104 Å². The third-order valence-electron chi connectivity index (χ3n) is 10.5. The number of anilines is 1. The average Bonchev–Trinajstić information content (AvgIpc) is 3.49. The van der Waals surface area contributed by atoms with Gasteiger partial charge in [0.15, 0.2) is 5.82 Å². The highest BCUT2D eigenvalue weighted by Gasteiger charge is 2.50. The summed E-state index contributed by atoms with van der Waals surface area (Å²) in [6, 6.07) is 5.17. The molecule has 0 aliphatic carbocycles. The molecule has 4 atom stereocenters. The first-order valence-corrected chi connectivity index (χ1v) is 16.1. The maximum atomic E-state index is 17.0. The van der Waals surface area contributed by atoms with E-state index in [1.165, 1.54) is 18.2 Å². The van der Waals surface area contributed by atoms with Gasteiger partial charge in [-0.2, -0.15) is 9.97 Å². The number of aliphatic hydroxyl groups is 1. The van der Waals surface area contributed by atoms with Crippen LogP contribution in [0.1, 0.15) is 51.5 Å². The molecule has 6 heterocycles. The monoisotopic (exact) mass is 635 g/mol. The zero-order valence-corrected chi connectivity index (χ0v) is 25.8. The Bertz CT molecular complexity index is 1890. The third kappa shape index (κ3) is 4.47. The van der Waals surface area contributed by atoms with Crippen LogP contribution in [-0.4, -0.2) is 86.3 Å². The van der Waals surface area contributed by atoms with Crippen LogP contribution in [0.25, 0.3) is 32.9 Å². The summed E-state index contributed by atoms with van der Waals surface area (Å²) >= 11 is 0. The second kappa shape index (κ2) is 10.6. The number of hydrogen-bond donors (Lipinski definition) is 2. The molecule has 3 fully saturated rings. The molecule has 12 heteroatoms. The predicted molar refractivity (Wildman–Crippen MR) is 166 cm³/mol. The van der Waals surface area contributed by atoms with E-state index in [0.717, 1.165) is 19.4 Å². The molecule has 2 aromatic carbocycles. The van der Waals surface area contributed by atoms with E-state index in [-0.39, 0.29) is 53.0 Å². The number of ether oxygens (including phenoxy) is 2. The summed E-state index contributed by atoms with van der Waals surface area (Å²) in [6.07, 6.45) is 2.68. The Balaban J connectivity index is 1.34. The summed E-state index contributed by atoms with van der Waals surface area (Å²) in [6.45, 7) is 5.45. The van der Waals surface area contributed by atoms with Gasteiger partial charge < -0.3 is 24.6 Å². The molecule has 8 rings (SSSR count). The van der Waals surface area contributed by atoms with E-state index in [9.17, 15) is 14.6 Å². The maximum absolute atomic E-state index is 17.0. The molecular weight excluding hydrogens is 599 g/mol. The van der Waals surface area contributed by atoms with E-state index in [2.05, 4.69) is 14.9 Å². The van der Waals surface area contributed by atoms with Crippen LogP contribution in [0.4, 0.5) is 19.0 Å². The molecule has 4 aliphatic rings. The van der Waals surface area contributed by atoms with Crippen LogP contribution in [0.2, 0.25) is 0 Å². The molecule has 0 spiro atoms. The van der Waals surface area contributed by atoms with Crippen LogP contribution in [0.15, 0.2) is 24.3 Å². The van der Waals surface area contributed by atoms with Gasteiger partial charge in [-0.1, -0.05) is 13.0 Å². The van der Waals surface area contributed by atoms with Crippen LogP contribution in [0.3, 0.4) is 0 Å². The van der Waals surface area contributed by atoms with Crippen molar-refractivity contribution in [1.82, 2.24) is 19.9 Å². The summed E-state index contributed by atoms with van der Waals surface area (Å²) < 4.78 is 59.0. The molecule has 242 valence electrons. The number of halogens is 3. The number of pyridine rings is 1. The fourth-order valence-electron chi connectivity index (χ4n) is 8.28. The van der Waals surface area contributed by atoms with Crippen molar-refractivity contribution in [2.24, 2.45) is 0 Å². The highest BCUT2D eigenvalue weighted by atomic mass is 19.1. The number of aromatic nitrogens is 3. The maximum Gasteiger partial charge on any atom is 0.319 e. The Kier molecular flexibility index (Phi) is 6.77. The smallest absolute Gasteiger partial charge is 0.319 e. The molecule has 3 saturated heterocycles. The molecule has 2 N–H and O–H groups in total. The Hall–Kier alpha value is -3.90. The van der Waals surface area contributed by atoms with Crippen molar-refractivity contribution in [2.45, 2.75) is 75.7 Å². The molecule has 46 heavy (non-hydrogen) atoms. The Labute approximate surface area is 264 Å². The van der Waals surface area contributed by atoms with Gasteiger partial charge in [0.1, 0.15) is 53.4 Å². The van der Waals surface area contributed by atoms with Crippen molar-refractivity contribution in [3.63, 3.8) is 0 Å². The zero-order chi connectivity index (χ0) is 32.0. The number of phenols is 1. The summed E-state index contributed by atoms with van der Waals surface area (Å²) in [5, 5.41) is 23.3. The molecule has 0 radical (unpaired) electrons. The van der Waals surface area contributed by atoms with Crippen molar-refractivity contribution >= 4 is 27.5 Å². The third-order valence-corrected chi connectivity index (χ3v) is 10.5. The van der Waals surface area contributed by atoms with E-state index in [0.29, 0.717) is 60.9 Å². The summed E-state index contributed by atoms with van der Waals surface area (Å²) in [4.78, 5) is 18.0. The van der Waals surface area contributed by atoms with Crippen molar-refractivity contribution in [3.8, 4) is 28.9 Å². The second-order valence-corrected chi connectivity index (χ2v) is 13.4. The van der Waals surface area contributed by atoms with E-state index >= 15 is 8.78 Å². The van der Waals surface area contributed by atoms with Crippen molar-refractivity contribution < 1.29 is 32.9 Å². The quantitative estimate of drug-likeness (QED) is 0.296. The number of fused-ring (bicyclic) bond motifs is 4. The van der Waals surface area contributed by atoms with Gasteiger partial charge in [-0.25, -0.2) is 18.2 Å². The minimum absolute atomic E-state index is 0.0539. The molecule has 4 aliphatic heterocycles. The first-order chi connectivity index (χ1) is 22.1. The molecule has 2 aromatic heterocycles. The van der Waals surface area contributed by atoms with Gasteiger partial charge >= 0.3 is 6.01 Å². The number of phenolic OH excluding ortho intramolecular Hbond substituents is 1. The number of rotatable bonds is 5. The zero-order valence-electron chi connectivity index (χ0n) is 25.8. The van der Waals surface area contributed by atoms with Gasteiger partial charge in [-0.05, 0) is 80.1 Å². The van der Waals surface area contributed by atoms with E-state index < -0.39 is 35.0 Å². The number of aryl methyl sites for hydroxylation is 1. The standard InChI is InChI=1S/C34H36F3N5O4/c1-3-21-23(36)7-6-18-12-20(43)13-22(25(18)21)28-27(37)29-26-30(42-11-4-8-33(2,44)24(42)16-45-31(26)38-28)40-32(39-29)46-17-34-9-5-10-41(34)15-19(35)14-34/h6-7,12-13,19,24,43-44H,3-5,8-11,14-17H2,1-2H3/t19-,24+,33+,34+/m1/s1. The number of aromatic hydroxyl groups is 1. The molecular formula is C34H36F3N5O4. The molecule has 9 nitrogen and oxygen atoms in total. The molecule has 0 saturated carbocycles. The number of benzene rings is 2. The number of alkyl halides is 1. The molecule has 0 bridgehead atoms. The lowest BCUT2D eigenvalue weighted by molar-refractivity contribution is -0.00713. The van der Waals surface area contributed by atoms with Crippen LogP contribution in [0, 0.1) is 11.6 Å². The number of nitrogens with zero attached hydrogens (tertiary/aromatic N) is 5. The lowest BCUT2D eigenvalue weighted by atomic mass is 9.86. The summed E-state index contributed by atoms with van der Waals surface area (Å²) in [7, 11) is 0. The highest BCUT2D eigenvalue weighted by Crippen LogP contribution is 2.46. The lowest BCUT2D eigenvalue weighted by Gasteiger charge is -2.44. The Morgan fingerprint density at radius 3 is 2.74 bits per heavy atom. The Morgan fingerprint density at radius 2 is 1.91 bits per heavy atom. The summed E-state index contributed by atoms with van der Waals surface area (Å²) in [5.74, 6) is -0.970. The average molecular weight is 636 g/mol. The van der Waals surface area contributed by atoms with Crippen LogP contribution >= 0.6 is 0 Å². The van der Waals surface area contributed by atoms with Crippen molar-refractivity contribution in [3.05, 3.63) is 41.5 Å². The first kappa shape index (κ1) is 29.5. The SMILES string of the molecule is CCc1c(F)ccc2cc(O)cc(-c3nc4c5c(nc(OC[C@@]67CCCN6C[C@H](F)C7)nc5c3F)N3CCC[C@](C)(O)[C@@H]3CO4)c12. The van der Waals surface area contributed by atoms with Gasteiger partial charge in [-0.3, -0.25) is 4.90 Å². The van der Waals surface area contributed by atoms with Gasteiger partial charge in [0, 0.05) is 25.1 Å². The fourth-order valence-corrected chi connectivity index (χ4v) is 8.28.